The number of nitrogens with zero attached hydrogens (tertiary/aromatic N) is 3. The zero-order valence-electron chi connectivity index (χ0n) is 13.8. The normalized spacial score (nSPS) is 14.7. The Labute approximate surface area is 145 Å². The Morgan fingerprint density at radius 1 is 1.40 bits per heavy atom. The summed E-state index contributed by atoms with van der Waals surface area (Å²) in [6.07, 6.45) is 8.98. The molecule has 8 heteroatoms. The SMILES string of the molecule is N/C(C=O)=C\N(N)Cc1cn2cc(C3CC3)cc(COCC=O)c2n1. The van der Waals surface area contributed by atoms with Crippen molar-refractivity contribution in [3.8, 4) is 0 Å². The quantitative estimate of drug-likeness (QED) is 0.225. The molecule has 1 aliphatic carbocycles. The first-order chi connectivity index (χ1) is 12.1. The Balaban J connectivity index is 1.87. The molecule has 2 heterocycles. The zero-order chi connectivity index (χ0) is 17.8. The number of hydrogen-bond acceptors (Lipinski definition) is 7. The lowest BCUT2D eigenvalue weighted by molar-refractivity contribution is -0.112. The Kier molecular flexibility index (Phi) is 5.11. The molecule has 0 aromatic carbocycles. The maximum absolute atomic E-state index is 10.6. The van der Waals surface area contributed by atoms with Crippen LogP contribution in [0, 0.1) is 0 Å². The van der Waals surface area contributed by atoms with E-state index in [9.17, 15) is 9.59 Å². The summed E-state index contributed by atoms with van der Waals surface area (Å²) in [6.45, 7) is 0.687. The van der Waals surface area contributed by atoms with Gasteiger partial charge in [0.2, 0.25) is 0 Å². The van der Waals surface area contributed by atoms with E-state index in [1.165, 1.54) is 29.6 Å². The third-order valence-corrected chi connectivity index (χ3v) is 3.99. The highest BCUT2D eigenvalue weighted by Gasteiger charge is 2.25. The summed E-state index contributed by atoms with van der Waals surface area (Å²) >= 11 is 0. The molecule has 132 valence electrons. The fraction of sp³-hybridized carbons (Fsp3) is 0.353. The van der Waals surface area contributed by atoms with Crippen molar-refractivity contribution >= 4 is 18.2 Å². The summed E-state index contributed by atoms with van der Waals surface area (Å²) in [5.41, 5.74) is 9.19. The van der Waals surface area contributed by atoms with E-state index in [1.807, 2.05) is 10.6 Å². The summed E-state index contributed by atoms with van der Waals surface area (Å²) < 4.78 is 7.33. The van der Waals surface area contributed by atoms with Gasteiger partial charge in [-0.25, -0.2) is 10.8 Å². The van der Waals surface area contributed by atoms with Crippen molar-refractivity contribution in [3.63, 3.8) is 0 Å². The second-order valence-electron chi connectivity index (χ2n) is 6.14. The molecule has 0 aliphatic heterocycles. The maximum atomic E-state index is 10.6. The lowest BCUT2D eigenvalue weighted by atomic mass is 10.1. The van der Waals surface area contributed by atoms with Crippen molar-refractivity contribution in [1.29, 1.82) is 0 Å². The number of aldehydes is 2. The highest BCUT2D eigenvalue weighted by atomic mass is 16.5. The van der Waals surface area contributed by atoms with Crippen molar-refractivity contribution in [2.45, 2.75) is 31.9 Å². The zero-order valence-corrected chi connectivity index (χ0v) is 13.8. The molecule has 1 aliphatic rings. The molecule has 8 nitrogen and oxygen atoms in total. The topological polar surface area (TPSA) is 116 Å². The van der Waals surface area contributed by atoms with Crippen LogP contribution in [0.15, 0.2) is 30.4 Å². The first-order valence-electron chi connectivity index (χ1n) is 8.06. The molecule has 2 aromatic heterocycles. The molecule has 0 bridgehead atoms. The highest BCUT2D eigenvalue weighted by molar-refractivity contribution is 5.71. The van der Waals surface area contributed by atoms with Gasteiger partial charge in [-0.15, -0.1) is 0 Å². The summed E-state index contributed by atoms with van der Waals surface area (Å²) in [7, 11) is 0. The van der Waals surface area contributed by atoms with Crippen LogP contribution in [0.5, 0.6) is 0 Å². The summed E-state index contributed by atoms with van der Waals surface area (Å²) in [6, 6.07) is 2.10. The molecule has 0 saturated heterocycles. The van der Waals surface area contributed by atoms with E-state index < -0.39 is 0 Å². The third-order valence-electron chi connectivity index (χ3n) is 3.99. The average Bonchev–Trinajstić information content (AvgIpc) is 3.35. The van der Waals surface area contributed by atoms with Gasteiger partial charge in [-0.2, -0.15) is 0 Å². The van der Waals surface area contributed by atoms with Crippen molar-refractivity contribution < 1.29 is 14.3 Å². The molecule has 25 heavy (non-hydrogen) atoms. The van der Waals surface area contributed by atoms with Gasteiger partial charge in [0.15, 0.2) is 6.29 Å². The van der Waals surface area contributed by atoms with Crippen molar-refractivity contribution in [3.05, 3.63) is 47.2 Å². The number of hydrazine groups is 1. The van der Waals surface area contributed by atoms with Crippen LogP contribution in [0.2, 0.25) is 0 Å². The second kappa shape index (κ2) is 7.45. The number of carbonyl (C=O) groups is 2. The van der Waals surface area contributed by atoms with Crippen LogP contribution >= 0.6 is 0 Å². The van der Waals surface area contributed by atoms with Gasteiger partial charge in [-0.05, 0) is 30.4 Å². The molecule has 4 N–H and O–H groups in total. The van der Waals surface area contributed by atoms with Gasteiger partial charge in [-0.1, -0.05) is 0 Å². The summed E-state index contributed by atoms with van der Waals surface area (Å²) in [4.78, 5) is 25.7. The fourth-order valence-corrected chi connectivity index (χ4v) is 2.74. The molecule has 0 spiro atoms. The van der Waals surface area contributed by atoms with E-state index in [1.54, 1.807) is 0 Å². The first-order valence-corrected chi connectivity index (χ1v) is 8.06. The number of aromatic nitrogens is 2. The predicted molar refractivity (Wildman–Crippen MR) is 91.0 cm³/mol. The van der Waals surface area contributed by atoms with E-state index in [0.29, 0.717) is 25.4 Å². The van der Waals surface area contributed by atoms with E-state index in [0.717, 1.165) is 23.2 Å². The predicted octanol–water partition coefficient (Wildman–Crippen LogP) is 0.602. The number of allylic oxidation sites excluding steroid dienone is 1. The number of ether oxygens (including phenoxy) is 1. The molecule has 1 fully saturated rings. The van der Waals surface area contributed by atoms with Gasteiger partial charge >= 0.3 is 0 Å². The Morgan fingerprint density at radius 3 is 2.88 bits per heavy atom. The van der Waals surface area contributed by atoms with E-state index in [2.05, 4.69) is 17.2 Å². The number of fused-ring (bicyclic) bond motifs is 1. The van der Waals surface area contributed by atoms with Gasteiger partial charge in [0.1, 0.15) is 18.5 Å². The van der Waals surface area contributed by atoms with Crippen LogP contribution in [-0.2, 0) is 27.5 Å². The van der Waals surface area contributed by atoms with Crippen LogP contribution in [0.3, 0.4) is 0 Å². The average molecular weight is 343 g/mol. The number of carbonyl (C=O) groups excluding carboxylic acids is 2. The standard InChI is InChI=1S/C17H21N5O3/c18-15(10-24)7-22(19)9-16-8-21-6-13(12-1-2-12)5-14(17(21)20-16)11-25-4-3-23/h3,5-8,10,12H,1-2,4,9,11,18-19H2/b15-7-. The van der Waals surface area contributed by atoms with E-state index in [4.69, 9.17) is 16.3 Å². The molecule has 0 atom stereocenters. The molecule has 0 unspecified atom stereocenters. The molecule has 3 rings (SSSR count). The first kappa shape index (κ1) is 17.1. The number of nitrogens with two attached hydrogens (primary N) is 2. The van der Waals surface area contributed by atoms with Gasteiger partial charge in [-0.3, -0.25) is 4.79 Å². The van der Waals surface area contributed by atoms with Crippen molar-refractivity contribution in [2.24, 2.45) is 11.6 Å². The lowest BCUT2D eigenvalue weighted by Crippen LogP contribution is -2.26. The smallest absolute Gasteiger partial charge is 0.167 e. The number of hydrogen-bond donors (Lipinski definition) is 2. The molecule has 0 amide bonds. The third kappa shape index (κ3) is 4.23. The van der Waals surface area contributed by atoms with E-state index in [-0.39, 0.29) is 12.3 Å². The molecule has 0 radical (unpaired) electrons. The monoisotopic (exact) mass is 343 g/mol. The van der Waals surface area contributed by atoms with Crippen LogP contribution < -0.4 is 11.6 Å². The summed E-state index contributed by atoms with van der Waals surface area (Å²) in [5, 5.41) is 1.32. The minimum Gasteiger partial charge on any atom is -0.395 e. The maximum Gasteiger partial charge on any atom is 0.167 e. The van der Waals surface area contributed by atoms with Crippen LogP contribution in [-0.4, -0.2) is 33.6 Å². The molecular formula is C17H21N5O3. The van der Waals surface area contributed by atoms with Crippen LogP contribution in [0.1, 0.15) is 35.6 Å². The molecule has 2 aromatic rings. The number of imidazole rings is 1. The lowest BCUT2D eigenvalue weighted by Gasteiger charge is -2.11. The minimum atomic E-state index is 0.0465. The number of pyridine rings is 1. The van der Waals surface area contributed by atoms with Gasteiger partial charge in [0.25, 0.3) is 0 Å². The Morgan fingerprint density at radius 2 is 2.20 bits per heavy atom. The minimum absolute atomic E-state index is 0.0465. The van der Waals surface area contributed by atoms with E-state index >= 15 is 0 Å². The van der Waals surface area contributed by atoms with Crippen molar-refractivity contribution in [2.75, 3.05) is 6.61 Å². The fourth-order valence-electron chi connectivity index (χ4n) is 2.74. The second-order valence-corrected chi connectivity index (χ2v) is 6.14. The largest absolute Gasteiger partial charge is 0.395 e. The Bertz CT molecular complexity index is 810. The van der Waals surface area contributed by atoms with Crippen molar-refractivity contribution in [1.82, 2.24) is 14.4 Å². The van der Waals surface area contributed by atoms with Gasteiger partial charge in [0, 0.05) is 24.2 Å². The summed E-state index contributed by atoms with van der Waals surface area (Å²) in [5.74, 6) is 6.42. The molecule has 1 saturated carbocycles. The highest BCUT2D eigenvalue weighted by Crippen LogP contribution is 2.40. The van der Waals surface area contributed by atoms with Gasteiger partial charge < -0.3 is 24.7 Å². The number of rotatable bonds is 9. The van der Waals surface area contributed by atoms with Crippen LogP contribution in [0.4, 0.5) is 0 Å². The van der Waals surface area contributed by atoms with Crippen LogP contribution in [0.25, 0.3) is 5.65 Å². The Hall–Kier alpha value is -2.71. The molecular weight excluding hydrogens is 322 g/mol. The van der Waals surface area contributed by atoms with Gasteiger partial charge in [0.05, 0.1) is 24.5 Å².